The minimum atomic E-state index is -0.182. The van der Waals surface area contributed by atoms with Crippen molar-refractivity contribution < 1.29 is 9.13 Å². The molecule has 0 radical (unpaired) electrons. The number of methoxy groups -OCH3 is 1. The zero-order valence-electron chi connectivity index (χ0n) is 12.8. The van der Waals surface area contributed by atoms with Gasteiger partial charge in [-0.3, -0.25) is 4.90 Å². The summed E-state index contributed by atoms with van der Waals surface area (Å²) in [6.45, 7) is 3.02. The van der Waals surface area contributed by atoms with Crippen molar-refractivity contribution in [3.8, 4) is 5.75 Å². The summed E-state index contributed by atoms with van der Waals surface area (Å²) in [5.41, 5.74) is 0.961. The molecular weight excluding hydrogens is 267 g/mol. The van der Waals surface area contributed by atoms with E-state index in [1.165, 1.54) is 38.2 Å². The van der Waals surface area contributed by atoms with E-state index in [2.05, 4.69) is 10.2 Å². The molecule has 4 heteroatoms. The molecule has 1 N–H and O–H groups in total. The van der Waals surface area contributed by atoms with Crippen molar-refractivity contribution in [3.05, 3.63) is 29.6 Å². The average Bonchev–Trinajstić information content (AvgIpc) is 3.02. The second-order valence-corrected chi connectivity index (χ2v) is 6.19. The van der Waals surface area contributed by atoms with Crippen LogP contribution in [0.15, 0.2) is 18.2 Å². The van der Waals surface area contributed by atoms with Gasteiger partial charge in [-0.25, -0.2) is 4.39 Å². The first-order chi connectivity index (χ1) is 10.3. The van der Waals surface area contributed by atoms with Gasteiger partial charge in [-0.2, -0.15) is 0 Å². The van der Waals surface area contributed by atoms with Crippen molar-refractivity contribution in [2.24, 2.45) is 0 Å². The number of nitrogens with zero attached hydrogens (tertiary/aromatic N) is 1. The first kappa shape index (κ1) is 14.8. The van der Waals surface area contributed by atoms with E-state index in [9.17, 15) is 4.39 Å². The lowest BCUT2D eigenvalue weighted by Gasteiger charge is -2.39. The summed E-state index contributed by atoms with van der Waals surface area (Å²) >= 11 is 0. The summed E-state index contributed by atoms with van der Waals surface area (Å²) in [4.78, 5) is 2.52. The van der Waals surface area contributed by atoms with Crippen LogP contribution in [0, 0.1) is 5.82 Å². The van der Waals surface area contributed by atoms with E-state index in [-0.39, 0.29) is 5.82 Å². The molecule has 2 unspecified atom stereocenters. The smallest absolute Gasteiger partial charge is 0.123 e. The van der Waals surface area contributed by atoms with Gasteiger partial charge < -0.3 is 10.1 Å². The Labute approximate surface area is 126 Å². The largest absolute Gasteiger partial charge is 0.496 e. The summed E-state index contributed by atoms with van der Waals surface area (Å²) in [6, 6.07) is 6.00. The standard InChI is InChI=1S/C17H25FN2O/c1-21-17-8-7-14(18)11-13(17)12-20-10-3-2-6-16(20)15-5-4-9-19-15/h7-8,11,15-16,19H,2-6,9-10,12H2,1H3. The van der Waals surface area contributed by atoms with Gasteiger partial charge in [-0.15, -0.1) is 0 Å². The van der Waals surface area contributed by atoms with Crippen LogP contribution in [-0.2, 0) is 6.54 Å². The Morgan fingerprint density at radius 1 is 1.29 bits per heavy atom. The number of ether oxygens (including phenoxy) is 1. The van der Waals surface area contributed by atoms with Gasteiger partial charge in [0.25, 0.3) is 0 Å². The number of nitrogens with one attached hydrogen (secondary N) is 1. The Morgan fingerprint density at radius 2 is 2.19 bits per heavy atom. The molecule has 2 aliphatic heterocycles. The lowest BCUT2D eigenvalue weighted by atomic mass is 9.94. The van der Waals surface area contributed by atoms with Crippen LogP contribution in [0.2, 0.25) is 0 Å². The predicted octanol–water partition coefficient (Wildman–Crippen LogP) is 2.94. The molecule has 1 aromatic rings. The van der Waals surface area contributed by atoms with Crippen LogP contribution in [0.25, 0.3) is 0 Å². The first-order valence-corrected chi connectivity index (χ1v) is 8.08. The van der Waals surface area contributed by atoms with Crippen molar-refractivity contribution in [2.45, 2.75) is 50.7 Å². The summed E-state index contributed by atoms with van der Waals surface area (Å²) < 4.78 is 18.9. The third-order valence-electron chi connectivity index (χ3n) is 4.84. The average molecular weight is 292 g/mol. The van der Waals surface area contributed by atoms with Crippen LogP contribution in [0.4, 0.5) is 4.39 Å². The maximum Gasteiger partial charge on any atom is 0.123 e. The lowest BCUT2D eigenvalue weighted by Crippen LogP contribution is -2.49. The Balaban J connectivity index is 1.76. The highest BCUT2D eigenvalue weighted by atomic mass is 19.1. The predicted molar refractivity (Wildman–Crippen MR) is 82.0 cm³/mol. The number of likely N-dealkylation sites (tertiary alicyclic amines) is 1. The molecule has 2 heterocycles. The van der Waals surface area contributed by atoms with E-state index in [0.717, 1.165) is 30.9 Å². The molecule has 2 fully saturated rings. The van der Waals surface area contributed by atoms with Crippen LogP contribution in [-0.4, -0.2) is 37.2 Å². The topological polar surface area (TPSA) is 24.5 Å². The molecule has 3 nitrogen and oxygen atoms in total. The van der Waals surface area contributed by atoms with E-state index < -0.39 is 0 Å². The fourth-order valence-corrected chi connectivity index (χ4v) is 3.80. The van der Waals surface area contributed by atoms with E-state index in [1.807, 2.05) is 0 Å². The van der Waals surface area contributed by atoms with Gasteiger partial charge in [0.1, 0.15) is 11.6 Å². The van der Waals surface area contributed by atoms with E-state index in [0.29, 0.717) is 12.1 Å². The molecule has 1 aromatic carbocycles. The number of rotatable bonds is 4. The summed E-state index contributed by atoms with van der Waals surface area (Å²) in [5, 5.41) is 3.64. The third kappa shape index (κ3) is 3.38. The summed E-state index contributed by atoms with van der Waals surface area (Å²) in [5.74, 6) is 0.610. The number of hydrogen-bond acceptors (Lipinski definition) is 3. The number of halogens is 1. The van der Waals surface area contributed by atoms with Gasteiger partial charge in [0, 0.05) is 24.2 Å². The van der Waals surface area contributed by atoms with Crippen LogP contribution in [0.3, 0.4) is 0 Å². The lowest BCUT2D eigenvalue weighted by molar-refractivity contribution is 0.111. The van der Waals surface area contributed by atoms with Crippen molar-refractivity contribution in [3.63, 3.8) is 0 Å². The zero-order chi connectivity index (χ0) is 14.7. The van der Waals surface area contributed by atoms with Crippen LogP contribution >= 0.6 is 0 Å². The van der Waals surface area contributed by atoms with E-state index in [1.54, 1.807) is 19.2 Å². The maximum absolute atomic E-state index is 13.5. The Bertz CT molecular complexity index is 474. The third-order valence-corrected chi connectivity index (χ3v) is 4.84. The van der Waals surface area contributed by atoms with Gasteiger partial charge in [0.15, 0.2) is 0 Å². The minimum absolute atomic E-state index is 0.182. The van der Waals surface area contributed by atoms with Gasteiger partial charge in [0.2, 0.25) is 0 Å². The molecule has 0 bridgehead atoms. The quantitative estimate of drug-likeness (QED) is 0.923. The molecule has 0 saturated carbocycles. The number of piperidine rings is 1. The SMILES string of the molecule is COc1ccc(F)cc1CN1CCCCC1C1CCCN1. The molecule has 0 amide bonds. The van der Waals surface area contributed by atoms with E-state index >= 15 is 0 Å². The van der Waals surface area contributed by atoms with Gasteiger partial charge in [-0.1, -0.05) is 6.42 Å². The fraction of sp³-hybridized carbons (Fsp3) is 0.647. The highest BCUT2D eigenvalue weighted by Gasteiger charge is 2.31. The van der Waals surface area contributed by atoms with Crippen molar-refractivity contribution in [1.29, 1.82) is 0 Å². The molecule has 2 saturated heterocycles. The first-order valence-electron chi connectivity index (χ1n) is 8.08. The fourth-order valence-electron chi connectivity index (χ4n) is 3.80. The highest BCUT2D eigenvalue weighted by molar-refractivity contribution is 5.34. The molecular formula is C17H25FN2O. The molecule has 21 heavy (non-hydrogen) atoms. The molecule has 0 aromatic heterocycles. The molecule has 3 rings (SSSR count). The van der Waals surface area contributed by atoms with Crippen LogP contribution in [0.1, 0.15) is 37.7 Å². The highest BCUT2D eigenvalue weighted by Crippen LogP contribution is 2.28. The number of hydrogen-bond donors (Lipinski definition) is 1. The second kappa shape index (κ2) is 6.75. The molecule has 0 spiro atoms. The van der Waals surface area contributed by atoms with Crippen molar-refractivity contribution in [1.82, 2.24) is 10.2 Å². The monoisotopic (exact) mass is 292 g/mol. The summed E-state index contributed by atoms with van der Waals surface area (Å²) in [7, 11) is 1.66. The second-order valence-electron chi connectivity index (χ2n) is 6.19. The zero-order valence-corrected chi connectivity index (χ0v) is 12.8. The van der Waals surface area contributed by atoms with Crippen molar-refractivity contribution >= 4 is 0 Å². The van der Waals surface area contributed by atoms with Gasteiger partial charge in [-0.05, 0) is 57.0 Å². The normalized spacial score (nSPS) is 27.0. The van der Waals surface area contributed by atoms with Gasteiger partial charge in [0.05, 0.1) is 7.11 Å². The molecule has 0 aliphatic carbocycles. The Morgan fingerprint density at radius 3 is 2.95 bits per heavy atom. The minimum Gasteiger partial charge on any atom is -0.496 e. The van der Waals surface area contributed by atoms with Crippen molar-refractivity contribution in [2.75, 3.05) is 20.2 Å². The van der Waals surface area contributed by atoms with Crippen LogP contribution < -0.4 is 10.1 Å². The maximum atomic E-state index is 13.5. The molecule has 116 valence electrons. The van der Waals surface area contributed by atoms with Crippen LogP contribution in [0.5, 0.6) is 5.75 Å². The summed E-state index contributed by atoms with van der Waals surface area (Å²) in [6.07, 6.45) is 6.33. The molecule has 2 atom stereocenters. The Kier molecular flexibility index (Phi) is 4.76. The van der Waals surface area contributed by atoms with Gasteiger partial charge >= 0.3 is 0 Å². The Hall–Kier alpha value is -1.13. The number of benzene rings is 1. The molecule has 2 aliphatic rings. The van der Waals surface area contributed by atoms with E-state index in [4.69, 9.17) is 4.74 Å².